The van der Waals surface area contributed by atoms with Crippen molar-refractivity contribution in [1.29, 1.82) is 0 Å². The molecule has 1 saturated heterocycles. The van der Waals surface area contributed by atoms with Crippen LogP contribution >= 0.6 is 11.6 Å². The number of carbonyl (C=O) groups excluding carboxylic acids is 1. The van der Waals surface area contributed by atoms with Crippen molar-refractivity contribution in [1.82, 2.24) is 4.90 Å². The van der Waals surface area contributed by atoms with Gasteiger partial charge in [-0.25, -0.2) is 4.39 Å². The maximum atomic E-state index is 13.5. The van der Waals surface area contributed by atoms with E-state index in [1.54, 1.807) is 0 Å². The Morgan fingerprint density at radius 1 is 1.41 bits per heavy atom. The zero-order valence-corrected chi connectivity index (χ0v) is 9.45. The first-order valence-electron chi connectivity index (χ1n) is 4.97. The number of aliphatic carboxylic acids is 1. The largest absolute Gasteiger partial charge is 0.481 e. The van der Waals surface area contributed by atoms with Crippen molar-refractivity contribution >= 4 is 23.5 Å². The molecule has 1 aliphatic rings. The highest BCUT2D eigenvalue weighted by Crippen LogP contribution is 2.23. The van der Waals surface area contributed by atoms with E-state index in [4.69, 9.17) is 16.7 Å². The molecule has 17 heavy (non-hydrogen) atoms. The SMILES string of the molecule is O=C(O)C1CN(C(=O)c2cccc(Cl)c2F)C1. The fourth-order valence-electron chi connectivity index (χ4n) is 1.64. The molecule has 1 heterocycles. The van der Waals surface area contributed by atoms with Gasteiger partial charge in [0.1, 0.15) is 0 Å². The summed E-state index contributed by atoms with van der Waals surface area (Å²) in [4.78, 5) is 23.7. The monoisotopic (exact) mass is 257 g/mol. The lowest BCUT2D eigenvalue weighted by atomic mass is 9.99. The molecule has 0 spiro atoms. The van der Waals surface area contributed by atoms with Crippen LogP contribution in [0.15, 0.2) is 18.2 Å². The number of rotatable bonds is 2. The molecular weight excluding hydrogens is 249 g/mol. The zero-order chi connectivity index (χ0) is 12.6. The molecule has 0 atom stereocenters. The number of benzene rings is 1. The Balaban J connectivity index is 2.12. The van der Waals surface area contributed by atoms with Crippen LogP contribution in [0.3, 0.4) is 0 Å². The standard InChI is InChI=1S/C11H9ClFNO3/c12-8-3-1-2-7(9(8)13)10(15)14-4-6(5-14)11(16)17/h1-3,6H,4-5H2,(H,16,17). The molecule has 90 valence electrons. The van der Waals surface area contributed by atoms with Crippen LogP contribution < -0.4 is 0 Å². The van der Waals surface area contributed by atoms with E-state index in [9.17, 15) is 14.0 Å². The number of carboxylic acid groups (broad SMARTS) is 1. The zero-order valence-electron chi connectivity index (χ0n) is 8.69. The van der Waals surface area contributed by atoms with Gasteiger partial charge in [-0.05, 0) is 12.1 Å². The van der Waals surface area contributed by atoms with Crippen molar-refractivity contribution in [2.75, 3.05) is 13.1 Å². The van der Waals surface area contributed by atoms with Crippen LogP contribution in [0.4, 0.5) is 4.39 Å². The van der Waals surface area contributed by atoms with Gasteiger partial charge in [0.15, 0.2) is 5.82 Å². The van der Waals surface area contributed by atoms with Crippen molar-refractivity contribution in [3.63, 3.8) is 0 Å². The van der Waals surface area contributed by atoms with Crippen LogP contribution in [0.5, 0.6) is 0 Å². The summed E-state index contributed by atoms with van der Waals surface area (Å²) in [6.07, 6.45) is 0. The third-order valence-corrected chi connectivity index (χ3v) is 2.99. The van der Waals surface area contributed by atoms with Crippen LogP contribution in [-0.4, -0.2) is 35.0 Å². The lowest BCUT2D eigenvalue weighted by Gasteiger charge is -2.36. The first-order valence-corrected chi connectivity index (χ1v) is 5.34. The highest BCUT2D eigenvalue weighted by Gasteiger charge is 2.36. The Hall–Kier alpha value is -1.62. The quantitative estimate of drug-likeness (QED) is 0.876. The molecule has 1 aliphatic heterocycles. The van der Waals surface area contributed by atoms with Crippen LogP contribution in [0, 0.1) is 11.7 Å². The first kappa shape index (κ1) is 11.9. The van der Waals surface area contributed by atoms with E-state index in [1.165, 1.54) is 23.1 Å². The van der Waals surface area contributed by atoms with E-state index < -0.39 is 23.6 Å². The Morgan fingerprint density at radius 2 is 2.06 bits per heavy atom. The lowest BCUT2D eigenvalue weighted by molar-refractivity contribution is -0.146. The second kappa shape index (κ2) is 4.33. The number of halogens is 2. The second-order valence-electron chi connectivity index (χ2n) is 3.85. The Morgan fingerprint density at radius 3 is 2.65 bits per heavy atom. The number of hydrogen-bond donors (Lipinski definition) is 1. The molecule has 6 heteroatoms. The second-order valence-corrected chi connectivity index (χ2v) is 4.25. The van der Waals surface area contributed by atoms with Gasteiger partial charge in [0.25, 0.3) is 5.91 Å². The molecule has 2 rings (SSSR count). The van der Waals surface area contributed by atoms with E-state index in [1.807, 2.05) is 0 Å². The number of likely N-dealkylation sites (tertiary alicyclic amines) is 1. The summed E-state index contributed by atoms with van der Waals surface area (Å²) < 4.78 is 13.5. The fourth-order valence-corrected chi connectivity index (χ4v) is 1.81. The van der Waals surface area contributed by atoms with Crippen LogP contribution in [0.2, 0.25) is 5.02 Å². The maximum Gasteiger partial charge on any atom is 0.310 e. The third-order valence-electron chi connectivity index (χ3n) is 2.70. The van der Waals surface area contributed by atoms with Crippen molar-refractivity contribution in [2.45, 2.75) is 0 Å². The summed E-state index contributed by atoms with van der Waals surface area (Å²) in [7, 11) is 0. The van der Waals surface area contributed by atoms with Gasteiger partial charge in [-0.2, -0.15) is 0 Å². The number of amides is 1. The minimum absolute atomic E-state index is 0.111. The van der Waals surface area contributed by atoms with Crippen LogP contribution in [0.25, 0.3) is 0 Å². The first-order chi connectivity index (χ1) is 8.00. The topological polar surface area (TPSA) is 57.6 Å². The molecule has 4 nitrogen and oxygen atoms in total. The van der Waals surface area contributed by atoms with Gasteiger partial charge < -0.3 is 10.0 Å². The Kier molecular flexibility index (Phi) is 3.02. The lowest BCUT2D eigenvalue weighted by Crippen LogP contribution is -2.53. The minimum atomic E-state index is -0.944. The number of carbonyl (C=O) groups is 2. The van der Waals surface area contributed by atoms with Gasteiger partial charge in [-0.1, -0.05) is 17.7 Å². The molecule has 1 aromatic rings. The average Bonchev–Trinajstić information content (AvgIpc) is 2.19. The summed E-state index contributed by atoms with van der Waals surface area (Å²) in [6.45, 7) is 0.222. The predicted octanol–water partition coefficient (Wildman–Crippen LogP) is 1.64. The fraction of sp³-hybridized carbons (Fsp3) is 0.273. The normalized spacial score (nSPS) is 15.5. The summed E-state index contributed by atoms with van der Waals surface area (Å²) in [5.74, 6) is -2.79. The van der Waals surface area contributed by atoms with Gasteiger partial charge in [0.2, 0.25) is 0 Å². The molecule has 1 N–H and O–H groups in total. The maximum absolute atomic E-state index is 13.5. The van der Waals surface area contributed by atoms with Crippen molar-refractivity contribution in [3.8, 4) is 0 Å². The van der Waals surface area contributed by atoms with E-state index in [2.05, 4.69) is 0 Å². The van der Waals surface area contributed by atoms with E-state index in [0.717, 1.165) is 0 Å². The summed E-state index contributed by atoms with van der Waals surface area (Å²) in [5.41, 5.74) is -0.124. The molecular formula is C11H9ClFNO3. The number of hydrogen-bond acceptors (Lipinski definition) is 2. The molecule has 0 radical (unpaired) electrons. The molecule has 1 amide bonds. The summed E-state index contributed by atoms with van der Waals surface area (Å²) >= 11 is 5.56. The highest BCUT2D eigenvalue weighted by atomic mass is 35.5. The van der Waals surface area contributed by atoms with Crippen LogP contribution in [-0.2, 0) is 4.79 Å². The number of nitrogens with zero attached hydrogens (tertiary/aromatic N) is 1. The van der Waals surface area contributed by atoms with Gasteiger partial charge >= 0.3 is 5.97 Å². The Bertz CT molecular complexity index is 486. The predicted molar refractivity (Wildman–Crippen MR) is 58.4 cm³/mol. The van der Waals surface area contributed by atoms with Crippen molar-refractivity contribution in [2.24, 2.45) is 5.92 Å². The van der Waals surface area contributed by atoms with Gasteiger partial charge in [-0.15, -0.1) is 0 Å². The molecule has 1 fully saturated rings. The molecule has 0 aliphatic carbocycles. The molecule has 0 bridgehead atoms. The highest BCUT2D eigenvalue weighted by molar-refractivity contribution is 6.31. The summed E-state index contributed by atoms with van der Waals surface area (Å²) in [6, 6.07) is 4.16. The summed E-state index contributed by atoms with van der Waals surface area (Å²) in [5, 5.41) is 8.55. The third kappa shape index (κ3) is 2.10. The van der Waals surface area contributed by atoms with Gasteiger partial charge in [0, 0.05) is 13.1 Å². The minimum Gasteiger partial charge on any atom is -0.481 e. The number of carboxylic acids is 1. The van der Waals surface area contributed by atoms with E-state index in [-0.39, 0.29) is 23.7 Å². The smallest absolute Gasteiger partial charge is 0.310 e. The van der Waals surface area contributed by atoms with Crippen LogP contribution in [0.1, 0.15) is 10.4 Å². The van der Waals surface area contributed by atoms with Gasteiger partial charge in [0.05, 0.1) is 16.5 Å². The average molecular weight is 258 g/mol. The molecule has 0 aromatic heterocycles. The van der Waals surface area contributed by atoms with E-state index >= 15 is 0 Å². The van der Waals surface area contributed by atoms with Gasteiger partial charge in [-0.3, -0.25) is 9.59 Å². The Labute approximate surface area is 102 Å². The molecule has 0 unspecified atom stereocenters. The van der Waals surface area contributed by atoms with Crippen molar-refractivity contribution < 1.29 is 19.1 Å². The van der Waals surface area contributed by atoms with Crippen molar-refractivity contribution in [3.05, 3.63) is 34.6 Å². The molecule has 1 aromatic carbocycles. The molecule has 0 saturated carbocycles. The van der Waals surface area contributed by atoms with E-state index in [0.29, 0.717) is 0 Å².